The molecule has 0 aromatic rings. The van der Waals surface area contributed by atoms with Crippen LogP contribution in [0.1, 0.15) is 69.2 Å². The van der Waals surface area contributed by atoms with E-state index in [4.69, 9.17) is 0 Å². The largest absolute Gasteiger partial charge is 0.322 e. The minimum Gasteiger partial charge on any atom is -0.322 e. The van der Waals surface area contributed by atoms with Crippen molar-refractivity contribution in [2.45, 2.75) is 111 Å². The van der Waals surface area contributed by atoms with Crippen molar-refractivity contribution < 1.29 is 0 Å². The molecule has 2 nitrogen and oxygen atoms in total. The Labute approximate surface area is 138 Å². The van der Waals surface area contributed by atoms with Crippen LogP contribution in [0.15, 0.2) is 0 Å². The SMILES string of the molecule is CC(C)N(C(C)C)[SiH](C)C(C)(C)[SiH](C)N(C(C)C)C(C)C. The van der Waals surface area contributed by atoms with E-state index in [9.17, 15) is 0 Å². The van der Waals surface area contributed by atoms with Gasteiger partial charge in [0.05, 0.1) is 0 Å². The number of nitrogens with zero attached hydrogens (tertiary/aromatic N) is 2. The van der Waals surface area contributed by atoms with Gasteiger partial charge in [-0.15, -0.1) is 0 Å². The van der Waals surface area contributed by atoms with Gasteiger partial charge in [-0.3, -0.25) is 0 Å². The second kappa shape index (κ2) is 8.27. The molecular weight excluding hydrogens is 288 g/mol. The van der Waals surface area contributed by atoms with Crippen LogP contribution in [0.3, 0.4) is 0 Å². The van der Waals surface area contributed by atoms with Crippen molar-refractivity contribution in [3.8, 4) is 0 Å². The van der Waals surface area contributed by atoms with Gasteiger partial charge in [0.15, 0.2) is 0 Å². The third-order valence-corrected chi connectivity index (χ3v) is 16.8. The summed E-state index contributed by atoms with van der Waals surface area (Å²) in [5.41, 5.74) is 0. The normalized spacial score (nSPS) is 16.9. The predicted octanol–water partition coefficient (Wildman–Crippen LogP) is 4.25. The van der Waals surface area contributed by atoms with Crippen LogP contribution in [-0.2, 0) is 0 Å². The van der Waals surface area contributed by atoms with Crippen molar-refractivity contribution in [1.29, 1.82) is 0 Å². The van der Waals surface area contributed by atoms with Crippen LogP contribution in [0.4, 0.5) is 0 Å². The van der Waals surface area contributed by atoms with Crippen LogP contribution in [0.25, 0.3) is 0 Å². The average molecular weight is 331 g/mol. The third kappa shape index (κ3) is 5.19. The van der Waals surface area contributed by atoms with Crippen molar-refractivity contribution >= 4 is 17.9 Å². The second-order valence-corrected chi connectivity index (χ2v) is 16.0. The Kier molecular flexibility index (Phi) is 8.41. The van der Waals surface area contributed by atoms with E-state index in [0.29, 0.717) is 28.8 Å². The van der Waals surface area contributed by atoms with Crippen LogP contribution in [0.5, 0.6) is 0 Å². The Bertz CT molecular complexity index is 257. The van der Waals surface area contributed by atoms with E-state index in [0.717, 1.165) is 0 Å². The van der Waals surface area contributed by atoms with Gasteiger partial charge in [0.25, 0.3) is 0 Å². The Morgan fingerprint density at radius 1 is 0.571 bits per heavy atom. The smallest absolute Gasteiger partial charge is 0.113 e. The molecule has 0 fully saturated rings. The number of hydrogen-bond donors (Lipinski definition) is 0. The maximum Gasteiger partial charge on any atom is 0.113 e. The van der Waals surface area contributed by atoms with Crippen LogP contribution in [0, 0.1) is 0 Å². The topological polar surface area (TPSA) is 6.48 Å². The van der Waals surface area contributed by atoms with Gasteiger partial charge in [-0.05, 0) is 28.8 Å². The van der Waals surface area contributed by atoms with Crippen molar-refractivity contribution in [2.24, 2.45) is 0 Å². The molecule has 0 heterocycles. The van der Waals surface area contributed by atoms with Gasteiger partial charge in [-0.1, -0.05) is 82.3 Å². The standard InChI is InChI=1S/C17H42N2Si2/c1-13(2)18(14(3)4)20(11)17(9,10)21(12)19(15(5)6)16(7)8/h13-16,20-21H,1-12H3. The molecule has 0 aliphatic heterocycles. The summed E-state index contributed by atoms with van der Waals surface area (Å²) in [7, 11) is -1.97. The van der Waals surface area contributed by atoms with Crippen LogP contribution >= 0.6 is 0 Å². The van der Waals surface area contributed by atoms with E-state index >= 15 is 0 Å². The molecule has 0 aliphatic rings. The molecule has 21 heavy (non-hydrogen) atoms. The van der Waals surface area contributed by atoms with E-state index < -0.39 is 17.9 Å². The fourth-order valence-electron chi connectivity index (χ4n) is 4.10. The Morgan fingerprint density at radius 3 is 0.905 bits per heavy atom. The van der Waals surface area contributed by atoms with Gasteiger partial charge in [0, 0.05) is 0 Å². The van der Waals surface area contributed by atoms with E-state index in [1.165, 1.54) is 0 Å². The molecule has 0 radical (unpaired) electrons. The lowest BCUT2D eigenvalue weighted by Crippen LogP contribution is -2.60. The average Bonchev–Trinajstić information content (AvgIpc) is 2.26. The molecule has 0 aromatic carbocycles. The molecule has 0 rings (SSSR count). The summed E-state index contributed by atoms with van der Waals surface area (Å²) in [6, 6.07) is 2.66. The van der Waals surface area contributed by atoms with Gasteiger partial charge >= 0.3 is 0 Å². The van der Waals surface area contributed by atoms with Gasteiger partial charge in [0.1, 0.15) is 17.9 Å². The fraction of sp³-hybridized carbons (Fsp3) is 1.00. The molecule has 2 atom stereocenters. The van der Waals surface area contributed by atoms with Gasteiger partial charge in [-0.25, -0.2) is 0 Å². The molecule has 0 aliphatic carbocycles. The quantitative estimate of drug-likeness (QED) is 0.614. The summed E-state index contributed by atoms with van der Waals surface area (Å²) in [5, 5.41) is 0. The third-order valence-electron chi connectivity index (χ3n) is 5.43. The van der Waals surface area contributed by atoms with Crippen molar-refractivity contribution in [3.63, 3.8) is 0 Å². The van der Waals surface area contributed by atoms with Crippen LogP contribution in [-0.4, -0.2) is 51.2 Å². The predicted molar refractivity (Wildman–Crippen MR) is 104 cm³/mol. The number of rotatable bonds is 8. The maximum absolute atomic E-state index is 2.84. The molecule has 0 saturated carbocycles. The van der Waals surface area contributed by atoms with Crippen molar-refractivity contribution in [1.82, 2.24) is 9.13 Å². The van der Waals surface area contributed by atoms with E-state index in [1.54, 1.807) is 0 Å². The Morgan fingerprint density at radius 2 is 0.762 bits per heavy atom. The highest BCUT2D eigenvalue weighted by molar-refractivity contribution is 6.78. The first-order valence-corrected chi connectivity index (χ1v) is 13.4. The zero-order chi connectivity index (χ0) is 17.1. The lowest BCUT2D eigenvalue weighted by Gasteiger charge is -2.50. The Hall–Kier alpha value is 0.354. The lowest BCUT2D eigenvalue weighted by molar-refractivity contribution is 0.283. The monoisotopic (exact) mass is 330 g/mol. The summed E-state index contributed by atoms with van der Waals surface area (Å²) >= 11 is 0. The Balaban J connectivity index is 5.42. The zero-order valence-corrected chi connectivity index (χ0v) is 19.2. The molecular formula is C17H42N2Si2. The highest BCUT2D eigenvalue weighted by Gasteiger charge is 2.43. The summed E-state index contributed by atoms with van der Waals surface area (Å²) < 4.78 is 6.19. The first-order valence-electron chi connectivity index (χ1n) is 8.90. The molecule has 0 saturated heterocycles. The minimum atomic E-state index is -0.985. The molecule has 2 unspecified atom stereocenters. The number of hydrogen-bond acceptors (Lipinski definition) is 2. The van der Waals surface area contributed by atoms with Crippen LogP contribution in [0.2, 0.25) is 17.8 Å². The van der Waals surface area contributed by atoms with Gasteiger partial charge < -0.3 is 9.13 Å². The second-order valence-electron chi connectivity index (χ2n) is 8.44. The summed E-state index contributed by atoms with van der Waals surface area (Å²) in [6.45, 7) is 29.3. The molecule has 0 N–H and O–H groups in total. The first kappa shape index (κ1) is 21.4. The fourth-order valence-corrected chi connectivity index (χ4v) is 13.0. The maximum atomic E-state index is 2.84. The first-order chi connectivity index (χ1) is 9.35. The summed E-state index contributed by atoms with van der Waals surface area (Å²) in [6.07, 6.45) is 0. The summed E-state index contributed by atoms with van der Waals surface area (Å²) in [5.74, 6) is 0. The highest BCUT2D eigenvalue weighted by Crippen LogP contribution is 2.37. The molecule has 0 bridgehead atoms. The molecule has 0 spiro atoms. The molecule has 128 valence electrons. The van der Waals surface area contributed by atoms with Gasteiger partial charge in [-0.2, -0.15) is 0 Å². The minimum absolute atomic E-state index is 0.517. The van der Waals surface area contributed by atoms with Crippen LogP contribution < -0.4 is 0 Å². The van der Waals surface area contributed by atoms with Crippen molar-refractivity contribution in [3.05, 3.63) is 0 Å². The van der Waals surface area contributed by atoms with Crippen molar-refractivity contribution in [2.75, 3.05) is 0 Å². The molecule has 0 amide bonds. The highest BCUT2D eigenvalue weighted by atomic mass is 28.3. The lowest BCUT2D eigenvalue weighted by atomic mass is 10.3. The van der Waals surface area contributed by atoms with Gasteiger partial charge in [0.2, 0.25) is 0 Å². The summed E-state index contributed by atoms with van der Waals surface area (Å²) in [4.78, 5) is 0. The molecule has 4 heteroatoms. The zero-order valence-electron chi connectivity index (χ0n) is 16.9. The van der Waals surface area contributed by atoms with E-state index in [2.05, 4.69) is 91.5 Å². The van der Waals surface area contributed by atoms with E-state index in [-0.39, 0.29) is 0 Å². The van der Waals surface area contributed by atoms with E-state index in [1.807, 2.05) is 0 Å². The molecule has 0 aromatic heterocycles.